The van der Waals surface area contributed by atoms with Gasteiger partial charge in [0.15, 0.2) is 0 Å². The van der Waals surface area contributed by atoms with Crippen LogP contribution >= 0.6 is 0 Å². The van der Waals surface area contributed by atoms with E-state index in [1.807, 2.05) is 6.92 Å². The van der Waals surface area contributed by atoms with Crippen LogP contribution in [0.1, 0.15) is 38.8 Å². The molecule has 128 valence electrons. The van der Waals surface area contributed by atoms with Crippen LogP contribution in [0.4, 0.5) is 0 Å². The highest BCUT2D eigenvalue weighted by molar-refractivity contribution is 5.71. The van der Waals surface area contributed by atoms with Gasteiger partial charge in [-0.05, 0) is 23.5 Å². The summed E-state index contributed by atoms with van der Waals surface area (Å²) in [4.78, 5) is 16.1. The van der Waals surface area contributed by atoms with E-state index in [4.69, 9.17) is 4.74 Å². The molecule has 2 rings (SSSR count). The number of benzene rings is 1. The van der Waals surface area contributed by atoms with Gasteiger partial charge in [0.05, 0.1) is 13.2 Å². The van der Waals surface area contributed by atoms with Gasteiger partial charge in [-0.2, -0.15) is 0 Å². The molecule has 4 nitrogen and oxygen atoms in total. The van der Waals surface area contributed by atoms with Crippen molar-refractivity contribution in [3.8, 4) is 0 Å². The minimum Gasteiger partial charge on any atom is -0.465 e. The molecule has 0 atom stereocenters. The predicted molar refractivity (Wildman–Crippen MR) is 93.5 cm³/mol. The quantitative estimate of drug-likeness (QED) is 0.782. The number of piperazine rings is 1. The van der Waals surface area contributed by atoms with Crippen molar-refractivity contribution in [2.75, 3.05) is 39.3 Å². The Hall–Kier alpha value is -1.39. The third kappa shape index (κ3) is 5.63. The number of hydrogen-bond donors (Lipinski definition) is 0. The van der Waals surface area contributed by atoms with Gasteiger partial charge in [-0.1, -0.05) is 45.0 Å². The summed E-state index contributed by atoms with van der Waals surface area (Å²) in [5, 5.41) is 0. The summed E-state index contributed by atoms with van der Waals surface area (Å²) in [7, 11) is 0. The average Bonchev–Trinajstić information content (AvgIpc) is 2.49. The standard InChI is InChI=1S/C19H30N2O2/c1-5-23-18(22)15-21-12-10-20(11-13-21)14-16-6-8-17(9-7-16)19(2,3)4/h6-9H,5,10-15H2,1-4H3. The number of esters is 1. The number of ether oxygens (including phenoxy) is 1. The Balaban J connectivity index is 1.79. The van der Waals surface area contributed by atoms with E-state index in [1.165, 1.54) is 11.1 Å². The summed E-state index contributed by atoms with van der Waals surface area (Å²) in [5.74, 6) is -0.112. The number of carbonyl (C=O) groups is 1. The van der Waals surface area contributed by atoms with Crippen molar-refractivity contribution >= 4 is 5.97 Å². The third-order valence-corrected chi connectivity index (χ3v) is 4.35. The van der Waals surface area contributed by atoms with Gasteiger partial charge in [-0.3, -0.25) is 14.6 Å². The smallest absolute Gasteiger partial charge is 0.320 e. The maximum Gasteiger partial charge on any atom is 0.320 e. The molecule has 1 aliphatic heterocycles. The molecule has 0 amide bonds. The molecule has 1 fully saturated rings. The first-order chi connectivity index (χ1) is 10.9. The van der Waals surface area contributed by atoms with Gasteiger partial charge >= 0.3 is 5.97 Å². The second-order valence-electron chi connectivity index (χ2n) is 7.30. The van der Waals surface area contributed by atoms with Gasteiger partial charge in [0.1, 0.15) is 0 Å². The maximum absolute atomic E-state index is 11.5. The fourth-order valence-electron chi connectivity index (χ4n) is 2.86. The summed E-state index contributed by atoms with van der Waals surface area (Å²) in [6.45, 7) is 14.3. The number of hydrogen-bond acceptors (Lipinski definition) is 4. The van der Waals surface area contributed by atoms with E-state index >= 15 is 0 Å². The number of nitrogens with zero attached hydrogens (tertiary/aromatic N) is 2. The molecule has 4 heteroatoms. The highest BCUT2D eigenvalue weighted by Crippen LogP contribution is 2.22. The predicted octanol–water partition coefficient (Wildman–Crippen LogP) is 2.66. The lowest BCUT2D eigenvalue weighted by Gasteiger charge is -2.34. The van der Waals surface area contributed by atoms with Crippen LogP contribution in [0.25, 0.3) is 0 Å². The summed E-state index contributed by atoms with van der Waals surface area (Å²) in [6, 6.07) is 8.97. The first-order valence-electron chi connectivity index (χ1n) is 8.58. The Bertz CT molecular complexity index is 497. The Morgan fingerprint density at radius 2 is 1.61 bits per heavy atom. The molecule has 1 saturated heterocycles. The molecular formula is C19H30N2O2. The van der Waals surface area contributed by atoms with Gasteiger partial charge in [0, 0.05) is 32.7 Å². The molecule has 23 heavy (non-hydrogen) atoms. The lowest BCUT2D eigenvalue weighted by molar-refractivity contribution is -0.144. The zero-order chi connectivity index (χ0) is 16.9. The third-order valence-electron chi connectivity index (χ3n) is 4.35. The Labute approximate surface area is 140 Å². The van der Waals surface area contributed by atoms with Crippen molar-refractivity contribution in [3.63, 3.8) is 0 Å². The Morgan fingerprint density at radius 3 is 2.13 bits per heavy atom. The molecule has 0 N–H and O–H groups in total. The molecule has 1 heterocycles. The van der Waals surface area contributed by atoms with E-state index in [0.717, 1.165) is 32.7 Å². The zero-order valence-electron chi connectivity index (χ0n) is 15.0. The van der Waals surface area contributed by atoms with Crippen LogP contribution in [-0.4, -0.2) is 55.1 Å². The molecule has 0 unspecified atom stereocenters. The molecule has 0 aromatic heterocycles. The number of carbonyl (C=O) groups excluding carboxylic acids is 1. The van der Waals surface area contributed by atoms with Crippen molar-refractivity contribution < 1.29 is 9.53 Å². The second kappa shape index (κ2) is 7.93. The van der Waals surface area contributed by atoms with Crippen molar-refractivity contribution in [1.82, 2.24) is 9.80 Å². The van der Waals surface area contributed by atoms with Crippen LogP contribution in [-0.2, 0) is 21.5 Å². The monoisotopic (exact) mass is 318 g/mol. The maximum atomic E-state index is 11.5. The van der Waals surface area contributed by atoms with E-state index in [9.17, 15) is 4.79 Å². The van der Waals surface area contributed by atoms with E-state index in [2.05, 4.69) is 54.8 Å². The molecular weight excluding hydrogens is 288 g/mol. The first-order valence-corrected chi connectivity index (χ1v) is 8.58. The summed E-state index contributed by atoms with van der Waals surface area (Å²) in [5.41, 5.74) is 2.94. The second-order valence-corrected chi connectivity index (χ2v) is 7.30. The molecule has 0 saturated carbocycles. The van der Waals surface area contributed by atoms with Gasteiger partial charge in [0.2, 0.25) is 0 Å². The molecule has 1 aromatic rings. The van der Waals surface area contributed by atoms with Crippen LogP contribution in [0.5, 0.6) is 0 Å². The van der Waals surface area contributed by atoms with Crippen molar-refractivity contribution in [3.05, 3.63) is 35.4 Å². The minimum absolute atomic E-state index is 0.112. The van der Waals surface area contributed by atoms with Crippen molar-refractivity contribution in [2.24, 2.45) is 0 Å². The first kappa shape index (κ1) is 18.0. The molecule has 0 spiro atoms. The average molecular weight is 318 g/mol. The van der Waals surface area contributed by atoms with E-state index in [-0.39, 0.29) is 11.4 Å². The van der Waals surface area contributed by atoms with Crippen LogP contribution in [0.2, 0.25) is 0 Å². The van der Waals surface area contributed by atoms with Crippen LogP contribution < -0.4 is 0 Å². The van der Waals surface area contributed by atoms with E-state index in [0.29, 0.717) is 13.2 Å². The summed E-state index contributed by atoms with van der Waals surface area (Å²) in [6.07, 6.45) is 0. The van der Waals surface area contributed by atoms with Crippen molar-refractivity contribution in [2.45, 2.75) is 39.7 Å². The van der Waals surface area contributed by atoms with E-state index in [1.54, 1.807) is 0 Å². The number of rotatable bonds is 5. The highest BCUT2D eigenvalue weighted by Gasteiger charge is 2.19. The normalized spacial score (nSPS) is 17.2. The minimum atomic E-state index is -0.112. The lowest BCUT2D eigenvalue weighted by Crippen LogP contribution is -2.47. The van der Waals surface area contributed by atoms with Gasteiger partial charge < -0.3 is 4.74 Å². The summed E-state index contributed by atoms with van der Waals surface area (Å²) < 4.78 is 5.01. The van der Waals surface area contributed by atoms with Gasteiger partial charge in [-0.15, -0.1) is 0 Å². The van der Waals surface area contributed by atoms with Gasteiger partial charge in [0.25, 0.3) is 0 Å². The largest absolute Gasteiger partial charge is 0.465 e. The molecule has 0 aliphatic carbocycles. The fourth-order valence-corrected chi connectivity index (χ4v) is 2.86. The topological polar surface area (TPSA) is 32.8 Å². The van der Waals surface area contributed by atoms with Crippen molar-refractivity contribution in [1.29, 1.82) is 0 Å². The van der Waals surface area contributed by atoms with Crippen LogP contribution in [0, 0.1) is 0 Å². The Kier molecular flexibility index (Phi) is 6.19. The molecule has 1 aliphatic rings. The molecule has 1 aromatic carbocycles. The summed E-state index contributed by atoms with van der Waals surface area (Å²) >= 11 is 0. The molecule has 0 radical (unpaired) electrons. The van der Waals surface area contributed by atoms with Crippen LogP contribution in [0.15, 0.2) is 24.3 Å². The Morgan fingerprint density at radius 1 is 1.04 bits per heavy atom. The SMILES string of the molecule is CCOC(=O)CN1CCN(Cc2ccc(C(C)(C)C)cc2)CC1. The zero-order valence-corrected chi connectivity index (χ0v) is 15.0. The lowest BCUT2D eigenvalue weighted by atomic mass is 9.87. The highest BCUT2D eigenvalue weighted by atomic mass is 16.5. The van der Waals surface area contributed by atoms with Crippen LogP contribution in [0.3, 0.4) is 0 Å². The molecule has 0 bridgehead atoms. The van der Waals surface area contributed by atoms with E-state index < -0.39 is 0 Å². The van der Waals surface area contributed by atoms with Gasteiger partial charge in [-0.25, -0.2) is 0 Å². The fraction of sp³-hybridized carbons (Fsp3) is 0.632.